The maximum absolute atomic E-state index is 12.1. The normalized spacial score (nSPS) is 19.3. The molecule has 0 radical (unpaired) electrons. The van der Waals surface area contributed by atoms with Crippen LogP contribution < -0.4 is 5.32 Å². The zero-order chi connectivity index (χ0) is 14.2. The van der Waals surface area contributed by atoms with E-state index in [0.29, 0.717) is 18.4 Å². The highest BCUT2D eigenvalue weighted by Crippen LogP contribution is 2.26. The van der Waals surface area contributed by atoms with Crippen LogP contribution in [0.1, 0.15) is 48.7 Å². The number of carboxylic acids is 1. The van der Waals surface area contributed by atoms with Crippen molar-refractivity contribution in [3.8, 4) is 0 Å². The Morgan fingerprint density at radius 2 is 2.05 bits per heavy atom. The Kier molecular flexibility index (Phi) is 3.35. The minimum atomic E-state index is -0.975. The number of aryl methyl sites for hydroxylation is 1. The van der Waals surface area contributed by atoms with Crippen LogP contribution in [0.15, 0.2) is 18.2 Å². The van der Waals surface area contributed by atoms with Crippen molar-refractivity contribution in [1.82, 2.24) is 5.32 Å². The molecule has 2 N–H and O–H groups in total. The monoisotopic (exact) mass is 261 g/mol. The fraction of sp³-hybridized carbons (Fsp3) is 0.467. The van der Waals surface area contributed by atoms with E-state index in [1.54, 1.807) is 0 Å². The summed E-state index contributed by atoms with van der Waals surface area (Å²) in [6, 6.07) is 5.06. The first-order valence-electron chi connectivity index (χ1n) is 6.46. The molecular formula is C15H19NO3. The molecule has 2 rings (SSSR count). The maximum atomic E-state index is 12.1. The van der Waals surface area contributed by atoms with Gasteiger partial charge in [-0.1, -0.05) is 32.9 Å². The number of aliphatic carboxylic acids is 1. The van der Waals surface area contributed by atoms with Gasteiger partial charge in [0.2, 0.25) is 0 Å². The van der Waals surface area contributed by atoms with Crippen molar-refractivity contribution in [3.63, 3.8) is 0 Å². The van der Waals surface area contributed by atoms with Gasteiger partial charge in [0.15, 0.2) is 0 Å². The summed E-state index contributed by atoms with van der Waals surface area (Å²) in [5, 5.41) is 11.6. The van der Waals surface area contributed by atoms with Gasteiger partial charge in [-0.2, -0.15) is 0 Å². The van der Waals surface area contributed by atoms with Crippen LogP contribution in [0.3, 0.4) is 0 Å². The molecule has 19 heavy (non-hydrogen) atoms. The first-order valence-corrected chi connectivity index (χ1v) is 6.46. The van der Waals surface area contributed by atoms with Crippen molar-refractivity contribution in [2.45, 2.75) is 45.1 Å². The Morgan fingerprint density at radius 3 is 2.63 bits per heavy atom. The Morgan fingerprint density at radius 1 is 1.37 bits per heavy atom. The van der Waals surface area contributed by atoms with Crippen molar-refractivity contribution in [1.29, 1.82) is 0 Å². The van der Waals surface area contributed by atoms with Crippen LogP contribution in [0.25, 0.3) is 0 Å². The van der Waals surface area contributed by atoms with E-state index in [1.165, 1.54) is 0 Å². The molecule has 0 fully saturated rings. The number of carbonyl (C=O) groups excluding carboxylic acids is 1. The molecule has 1 aliphatic rings. The van der Waals surface area contributed by atoms with Crippen LogP contribution in [0.4, 0.5) is 0 Å². The summed E-state index contributed by atoms with van der Waals surface area (Å²) in [5.41, 5.74) is 2.58. The lowest BCUT2D eigenvalue weighted by Crippen LogP contribution is -2.39. The quantitative estimate of drug-likeness (QED) is 0.813. The molecule has 0 aromatic heterocycles. The third-order valence-corrected chi connectivity index (χ3v) is 3.53. The van der Waals surface area contributed by atoms with Gasteiger partial charge in [0, 0.05) is 5.56 Å². The standard InChI is InChI=1S/C15H19NO3/c1-15(2,3)10-6-4-9-5-7-12(14(18)19)16-13(17)11(9)8-10/h4,6,8,12H,5,7H2,1-3H3,(H,16,17)(H,18,19). The van der Waals surface area contributed by atoms with Crippen molar-refractivity contribution in [3.05, 3.63) is 34.9 Å². The molecule has 102 valence electrons. The van der Waals surface area contributed by atoms with Crippen LogP contribution in [0.2, 0.25) is 0 Å². The third-order valence-electron chi connectivity index (χ3n) is 3.53. The Balaban J connectivity index is 2.39. The first kappa shape index (κ1) is 13.6. The number of rotatable bonds is 1. The molecule has 1 atom stereocenters. The van der Waals surface area contributed by atoms with Crippen LogP contribution in [0, 0.1) is 0 Å². The molecule has 1 heterocycles. The number of carboxylic acid groups (broad SMARTS) is 1. The number of carbonyl (C=O) groups is 2. The molecule has 0 bridgehead atoms. The number of amides is 1. The molecule has 1 aromatic rings. The van der Waals surface area contributed by atoms with Gasteiger partial charge < -0.3 is 10.4 Å². The van der Waals surface area contributed by atoms with Crippen LogP contribution in [-0.4, -0.2) is 23.0 Å². The number of hydrogen-bond donors (Lipinski definition) is 2. The minimum absolute atomic E-state index is 0.0339. The highest BCUT2D eigenvalue weighted by Gasteiger charge is 2.27. The highest BCUT2D eigenvalue weighted by atomic mass is 16.4. The summed E-state index contributed by atoms with van der Waals surface area (Å²) in [5.74, 6) is -1.26. The van der Waals surface area contributed by atoms with E-state index >= 15 is 0 Å². The second-order valence-electron chi connectivity index (χ2n) is 6.02. The van der Waals surface area contributed by atoms with Gasteiger partial charge in [-0.25, -0.2) is 4.79 Å². The zero-order valence-electron chi connectivity index (χ0n) is 11.5. The number of hydrogen-bond acceptors (Lipinski definition) is 2. The minimum Gasteiger partial charge on any atom is -0.480 e. The molecule has 0 aliphatic carbocycles. The third kappa shape index (κ3) is 2.78. The number of benzene rings is 1. The van der Waals surface area contributed by atoms with E-state index in [2.05, 4.69) is 26.1 Å². The molecule has 0 spiro atoms. The Hall–Kier alpha value is -1.84. The number of nitrogens with one attached hydrogen (secondary N) is 1. The fourth-order valence-electron chi connectivity index (χ4n) is 2.27. The second kappa shape index (κ2) is 4.68. The summed E-state index contributed by atoms with van der Waals surface area (Å²) in [6.07, 6.45) is 1.04. The maximum Gasteiger partial charge on any atom is 0.326 e. The van der Waals surface area contributed by atoms with E-state index < -0.39 is 12.0 Å². The van der Waals surface area contributed by atoms with E-state index in [9.17, 15) is 9.59 Å². The first-order chi connectivity index (χ1) is 8.79. The molecule has 0 saturated heterocycles. The van der Waals surface area contributed by atoms with Crippen molar-refractivity contribution in [2.75, 3.05) is 0 Å². The summed E-state index contributed by atoms with van der Waals surface area (Å²) >= 11 is 0. The second-order valence-corrected chi connectivity index (χ2v) is 6.02. The molecule has 4 heteroatoms. The molecular weight excluding hydrogens is 242 g/mol. The lowest BCUT2D eigenvalue weighted by Gasteiger charge is -2.20. The predicted molar refractivity (Wildman–Crippen MR) is 72.4 cm³/mol. The Bertz CT molecular complexity index is 529. The van der Waals surface area contributed by atoms with Crippen molar-refractivity contribution < 1.29 is 14.7 Å². The molecule has 1 aliphatic heterocycles. The highest BCUT2D eigenvalue weighted by molar-refractivity contribution is 5.98. The van der Waals surface area contributed by atoms with Crippen LogP contribution >= 0.6 is 0 Å². The van der Waals surface area contributed by atoms with Gasteiger partial charge in [-0.3, -0.25) is 4.79 Å². The van der Waals surface area contributed by atoms with E-state index in [-0.39, 0.29) is 11.3 Å². The van der Waals surface area contributed by atoms with E-state index in [4.69, 9.17) is 5.11 Å². The average molecular weight is 261 g/mol. The van der Waals surface area contributed by atoms with Crippen LogP contribution in [0.5, 0.6) is 0 Å². The van der Waals surface area contributed by atoms with E-state index in [0.717, 1.165) is 11.1 Å². The molecule has 1 unspecified atom stereocenters. The average Bonchev–Trinajstić information content (AvgIpc) is 2.47. The summed E-state index contributed by atoms with van der Waals surface area (Å²) < 4.78 is 0. The molecule has 0 saturated carbocycles. The molecule has 1 aromatic carbocycles. The van der Waals surface area contributed by atoms with Gasteiger partial charge >= 0.3 is 5.97 Å². The summed E-state index contributed by atoms with van der Waals surface area (Å²) in [6.45, 7) is 6.26. The summed E-state index contributed by atoms with van der Waals surface area (Å²) in [7, 11) is 0. The Labute approximate surface area is 112 Å². The number of fused-ring (bicyclic) bond motifs is 1. The van der Waals surface area contributed by atoms with Gasteiger partial charge in [0.25, 0.3) is 5.91 Å². The fourth-order valence-corrected chi connectivity index (χ4v) is 2.27. The predicted octanol–water partition coefficient (Wildman–Crippen LogP) is 2.11. The summed E-state index contributed by atoms with van der Waals surface area (Å²) in [4.78, 5) is 23.1. The topological polar surface area (TPSA) is 66.4 Å². The molecule has 1 amide bonds. The van der Waals surface area contributed by atoms with Gasteiger partial charge in [0.1, 0.15) is 6.04 Å². The zero-order valence-corrected chi connectivity index (χ0v) is 11.5. The lowest BCUT2D eigenvalue weighted by atomic mass is 9.85. The van der Waals surface area contributed by atoms with E-state index in [1.807, 2.05) is 18.2 Å². The van der Waals surface area contributed by atoms with Gasteiger partial charge in [-0.15, -0.1) is 0 Å². The SMILES string of the molecule is CC(C)(C)c1ccc2c(c1)C(=O)NC(C(=O)O)CC2. The molecule has 4 nitrogen and oxygen atoms in total. The van der Waals surface area contributed by atoms with Gasteiger partial charge in [0.05, 0.1) is 0 Å². The largest absolute Gasteiger partial charge is 0.480 e. The smallest absolute Gasteiger partial charge is 0.326 e. The lowest BCUT2D eigenvalue weighted by molar-refractivity contribution is -0.139. The van der Waals surface area contributed by atoms with Gasteiger partial charge in [-0.05, 0) is 35.4 Å². The van der Waals surface area contributed by atoms with Crippen LogP contribution in [-0.2, 0) is 16.6 Å². The van der Waals surface area contributed by atoms with Crippen molar-refractivity contribution in [2.24, 2.45) is 0 Å². The van der Waals surface area contributed by atoms with Crippen molar-refractivity contribution >= 4 is 11.9 Å².